The minimum Gasteiger partial charge on any atom is -0.465 e. The van der Waals surface area contributed by atoms with Gasteiger partial charge in [-0.05, 0) is 24.1 Å². The maximum atomic E-state index is 11.3. The number of hydrogen-bond donors (Lipinski definition) is 1. The van der Waals surface area contributed by atoms with Crippen molar-refractivity contribution in [2.45, 2.75) is 20.3 Å². The molecule has 0 heterocycles. The summed E-state index contributed by atoms with van der Waals surface area (Å²) in [5, 5.41) is 2.85. The molecule has 4 nitrogen and oxygen atoms in total. The lowest BCUT2D eigenvalue weighted by Crippen LogP contribution is -2.29. The Bertz CT molecular complexity index is 410. The van der Waals surface area contributed by atoms with Crippen molar-refractivity contribution >= 4 is 11.9 Å². The van der Waals surface area contributed by atoms with Crippen LogP contribution in [-0.2, 0) is 16.0 Å². The van der Waals surface area contributed by atoms with E-state index in [2.05, 4.69) is 10.1 Å². The lowest BCUT2D eigenvalue weighted by atomic mass is 10.1. The molecule has 0 saturated carbocycles. The third kappa shape index (κ3) is 4.20. The SMILES string of the molecule is COC(=O)c1ccc(CCNC(=O)C(C)C)cc1. The Morgan fingerprint density at radius 2 is 1.83 bits per heavy atom. The zero-order valence-electron chi connectivity index (χ0n) is 11.0. The molecule has 0 spiro atoms. The van der Waals surface area contributed by atoms with Gasteiger partial charge >= 0.3 is 5.97 Å². The van der Waals surface area contributed by atoms with E-state index in [1.165, 1.54) is 7.11 Å². The van der Waals surface area contributed by atoms with Crippen molar-refractivity contribution in [3.63, 3.8) is 0 Å². The van der Waals surface area contributed by atoms with Gasteiger partial charge in [0.2, 0.25) is 5.91 Å². The van der Waals surface area contributed by atoms with Crippen LogP contribution in [0.1, 0.15) is 29.8 Å². The fraction of sp³-hybridized carbons (Fsp3) is 0.429. The second-order valence-corrected chi connectivity index (χ2v) is 4.38. The highest BCUT2D eigenvalue weighted by molar-refractivity contribution is 5.89. The molecule has 0 fully saturated rings. The molecule has 0 bridgehead atoms. The maximum absolute atomic E-state index is 11.3. The Labute approximate surface area is 107 Å². The summed E-state index contributed by atoms with van der Waals surface area (Å²) in [6.45, 7) is 4.33. The van der Waals surface area contributed by atoms with Crippen LogP contribution in [0, 0.1) is 5.92 Å². The Balaban J connectivity index is 2.45. The van der Waals surface area contributed by atoms with E-state index in [0.717, 1.165) is 12.0 Å². The number of carbonyl (C=O) groups is 2. The summed E-state index contributed by atoms with van der Waals surface area (Å²) in [5.41, 5.74) is 1.61. The molecule has 4 heteroatoms. The van der Waals surface area contributed by atoms with Crippen LogP contribution in [0.3, 0.4) is 0 Å². The number of rotatable bonds is 5. The standard InChI is InChI=1S/C14H19NO3/c1-10(2)13(16)15-9-8-11-4-6-12(7-5-11)14(17)18-3/h4-7,10H,8-9H2,1-3H3,(H,15,16). The van der Waals surface area contributed by atoms with Gasteiger partial charge in [0.05, 0.1) is 12.7 Å². The normalized spacial score (nSPS) is 10.2. The summed E-state index contributed by atoms with van der Waals surface area (Å²) in [4.78, 5) is 22.6. The molecule has 1 amide bonds. The minimum atomic E-state index is -0.338. The molecule has 18 heavy (non-hydrogen) atoms. The summed E-state index contributed by atoms with van der Waals surface area (Å²) in [7, 11) is 1.36. The number of benzene rings is 1. The molecule has 0 aliphatic heterocycles. The third-order valence-corrected chi connectivity index (χ3v) is 2.61. The van der Waals surface area contributed by atoms with E-state index in [1.54, 1.807) is 12.1 Å². The van der Waals surface area contributed by atoms with Crippen molar-refractivity contribution < 1.29 is 14.3 Å². The predicted molar refractivity (Wildman–Crippen MR) is 69.3 cm³/mol. The molecule has 1 aromatic carbocycles. The van der Waals surface area contributed by atoms with Crippen LogP contribution in [0.4, 0.5) is 0 Å². The van der Waals surface area contributed by atoms with Crippen LogP contribution in [-0.4, -0.2) is 25.5 Å². The Hall–Kier alpha value is -1.84. The topological polar surface area (TPSA) is 55.4 Å². The van der Waals surface area contributed by atoms with Crippen LogP contribution in [0.15, 0.2) is 24.3 Å². The number of carbonyl (C=O) groups excluding carboxylic acids is 2. The van der Waals surface area contributed by atoms with Gasteiger partial charge in [-0.3, -0.25) is 4.79 Å². The van der Waals surface area contributed by atoms with E-state index in [4.69, 9.17) is 0 Å². The summed E-state index contributed by atoms with van der Waals surface area (Å²) < 4.78 is 4.62. The van der Waals surface area contributed by atoms with E-state index >= 15 is 0 Å². The van der Waals surface area contributed by atoms with Crippen LogP contribution in [0.25, 0.3) is 0 Å². The average molecular weight is 249 g/mol. The van der Waals surface area contributed by atoms with E-state index in [-0.39, 0.29) is 17.8 Å². The molecule has 0 radical (unpaired) electrons. The van der Waals surface area contributed by atoms with Crippen LogP contribution in [0.2, 0.25) is 0 Å². The number of ether oxygens (including phenoxy) is 1. The van der Waals surface area contributed by atoms with Crippen LogP contribution >= 0.6 is 0 Å². The van der Waals surface area contributed by atoms with Gasteiger partial charge in [0.25, 0.3) is 0 Å². The van der Waals surface area contributed by atoms with Crippen molar-refractivity contribution in [3.8, 4) is 0 Å². The first-order chi connectivity index (χ1) is 8.54. The van der Waals surface area contributed by atoms with Crippen molar-refractivity contribution in [1.29, 1.82) is 0 Å². The molecular weight excluding hydrogens is 230 g/mol. The highest BCUT2D eigenvalue weighted by Crippen LogP contribution is 2.06. The molecule has 0 saturated heterocycles. The summed E-state index contributed by atoms with van der Waals surface area (Å²) in [5.74, 6) is -0.275. The molecule has 1 rings (SSSR count). The van der Waals surface area contributed by atoms with Gasteiger partial charge in [-0.15, -0.1) is 0 Å². The second-order valence-electron chi connectivity index (χ2n) is 4.38. The van der Waals surface area contributed by atoms with Gasteiger partial charge in [0, 0.05) is 12.5 Å². The number of methoxy groups -OCH3 is 1. The van der Waals surface area contributed by atoms with E-state index in [0.29, 0.717) is 12.1 Å². The number of nitrogens with one attached hydrogen (secondary N) is 1. The molecule has 1 aromatic rings. The van der Waals surface area contributed by atoms with Crippen LogP contribution < -0.4 is 5.32 Å². The van der Waals surface area contributed by atoms with Gasteiger partial charge in [0.1, 0.15) is 0 Å². The molecule has 1 N–H and O–H groups in total. The molecule has 0 unspecified atom stereocenters. The Morgan fingerprint density at radius 3 is 2.33 bits per heavy atom. The highest BCUT2D eigenvalue weighted by Gasteiger charge is 2.06. The molecule has 0 atom stereocenters. The van der Waals surface area contributed by atoms with Gasteiger partial charge < -0.3 is 10.1 Å². The average Bonchev–Trinajstić information content (AvgIpc) is 2.38. The maximum Gasteiger partial charge on any atom is 0.337 e. The molecule has 0 aromatic heterocycles. The number of hydrogen-bond acceptors (Lipinski definition) is 3. The van der Waals surface area contributed by atoms with Gasteiger partial charge in [0.15, 0.2) is 0 Å². The molecule has 0 aliphatic carbocycles. The Kier molecular flexibility index (Phi) is 5.36. The molecule has 98 valence electrons. The smallest absolute Gasteiger partial charge is 0.337 e. The third-order valence-electron chi connectivity index (χ3n) is 2.61. The molecular formula is C14H19NO3. The number of amides is 1. The fourth-order valence-electron chi connectivity index (χ4n) is 1.46. The molecule has 0 aliphatic rings. The zero-order chi connectivity index (χ0) is 13.5. The van der Waals surface area contributed by atoms with Gasteiger partial charge in [-0.1, -0.05) is 26.0 Å². The van der Waals surface area contributed by atoms with Crippen molar-refractivity contribution in [2.75, 3.05) is 13.7 Å². The number of esters is 1. The highest BCUT2D eigenvalue weighted by atomic mass is 16.5. The first-order valence-corrected chi connectivity index (χ1v) is 5.99. The quantitative estimate of drug-likeness (QED) is 0.809. The van der Waals surface area contributed by atoms with E-state index < -0.39 is 0 Å². The first-order valence-electron chi connectivity index (χ1n) is 5.99. The van der Waals surface area contributed by atoms with Crippen molar-refractivity contribution in [3.05, 3.63) is 35.4 Å². The van der Waals surface area contributed by atoms with Crippen molar-refractivity contribution in [2.24, 2.45) is 5.92 Å². The summed E-state index contributed by atoms with van der Waals surface area (Å²) >= 11 is 0. The predicted octanol–water partition coefficient (Wildman–Crippen LogP) is 1.79. The summed E-state index contributed by atoms with van der Waals surface area (Å²) in [6, 6.07) is 7.19. The summed E-state index contributed by atoms with van der Waals surface area (Å²) in [6.07, 6.45) is 0.750. The zero-order valence-corrected chi connectivity index (χ0v) is 11.0. The fourth-order valence-corrected chi connectivity index (χ4v) is 1.46. The first kappa shape index (κ1) is 14.2. The lowest BCUT2D eigenvalue weighted by Gasteiger charge is -2.07. The second kappa shape index (κ2) is 6.79. The van der Waals surface area contributed by atoms with Crippen molar-refractivity contribution in [1.82, 2.24) is 5.32 Å². The monoisotopic (exact) mass is 249 g/mol. The van der Waals surface area contributed by atoms with Crippen LogP contribution in [0.5, 0.6) is 0 Å². The van der Waals surface area contributed by atoms with Gasteiger partial charge in [-0.25, -0.2) is 4.79 Å². The van der Waals surface area contributed by atoms with Gasteiger partial charge in [-0.2, -0.15) is 0 Å². The largest absolute Gasteiger partial charge is 0.465 e. The van der Waals surface area contributed by atoms with E-state index in [9.17, 15) is 9.59 Å². The Morgan fingerprint density at radius 1 is 1.22 bits per heavy atom. The lowest BCUT2D eigenvalue weighted by molar-refractivity contribution is -0.123. The van der Waals surface area contributed by atoms with E-state index in [1.807, 2.05) is 26.0 Å². The minimum absolute atomic E-state index is 0.00620.